The maximum absolute atomic E-state index is 12.0. The van der Waals surface area contributed by atoms with Crippen LogP contribution in [-0.4, -0.2) is 41.0 Å². The van der Waals surface area contributed by atoms with Gasteiger partial charge in [0, 0.05) is 12.8 Å². The topological polar surface area (TPSA) is 119 Å². The van der Waals surface area contributed by atoms with Crippen LogP contribution in [0.5, 0.6) is 0 Å². The highest BCUT2D eigenvalue weighted by molar-refractivity contribution is 7.46. The third-order valence-corrected chi connectivity index (χ3v) is 4.74. The second-order valence-corrected chi connectivity index (χ2v) is 8.45. The van der Waals surface area contributed by atoms with Crippen LogP contribution in [0.3, 0.4) is 0 Å². The Kier molecular flexibility index (Phi) is 18.3. The minimum atomic E-state index is -4.71. The van der Waals surface area contributed by atoms with Crippen LogP contribution in [-0.2, 0) is 28.2 Å². The molecule has 0 aromatic carbocycles. The monoisotopic (exact) mass is 462 g/mol. The van der Waals surface area contributed by atoms with E-state index in [1.54, 1.807) is 6.92 Å². The largest absolute Gasteiger partial charge is 0.469 e. The number of unbranched alkanes of at least 4 members (excludes halogenated alkanes) is 6. The molecule has 31 heavy (non-hydrogen) atoms. The highest BCUT2D eigenvalue weighted by Gasteiger charge is 2.22. The fourth-order valence-electron chi connectivity index (χ4n) is 2.56. The molecule has 0 heterocycles. The highest BCUT2D eigenvalue weighted by atomic mass is 31.2. The van der Waals surface area contributed by atoms with Gasteiger partial charge in [-0.05, 0) is 32.1 Å². The number of esters is 2. The Labute approximate surface area is 186 Å². The minimum Gasteiger partial charge on any atom is -0.462 e. The van der Waals surface area contributed by atoms with Crippen molar-refractivity contribution in [2.24, 2.45) is 0 Å². The van der Waals surface area contributed by atoms with E-state index in [4.69, 9.17) is 19.3 Å². The summed E-state index contributed by atoms with van der Waals surface area (Å²) in [4.78, 5) is 40.8. The van der Waals surface area contributed by atoms with E-state index in [0.29, 0.717) is 6.42 Å². The van der Waals surface area contributed by atoms with E-state index in [1.807, 2.05) is 0 Å². The van der Waals surface area contributed by atoms with Crippen molar-refractivity contribution in [3.63, 3.8) is 0 Å². The van der Waals surface area contributed by atoms with Gasteiger partial charge < -0.3 is 19.3 Å². The van der Waals surface area contributed by atoms with E-state index in [1.165, 1.54) is 6.42 Å². The van der Waals surface area contributed by atoms with Crippen LogP contribution in [0.15, 0.2) is 24.3 Å². The number of hydrogen-bond donors (Lipinski definition) is 2. The molecule has 0 aliphatic rings. The average molecular weight is 463 g/mol. The van der Waals surface area contributed by atoms with Crippen molar-refractivity contribution in [2.75, 3.05) is 13.2 Å². The molecule has 0 amide bonds. The van der Waals surface area contributed by atoms with Crippen molar-refractivity contribution in [3.05, 3.63) is 24.3 Å². The molecule has 0 bridgehead atoms. The van der Waals surface area contributed by atoms with Gasteiger partial charge in [-0.1, -0.05) is 63.8 Å². The maximum Gasteiger partial charge on any atom is 0.469 e. The van der Waals surface area contributed by atoms with E-state index >= 15 is 0 Å². The molecule has 0 radical (unpaired) electrons. The Morgan fingerprint density at radius 3 is 2.16 bits per heavy atom. The van der Waals surface area contributed by atoms with Gasteiger partial charge >= 0.3 is 19.8 Å². The number of carbonyl (C=O) groups excluding carboxylic acids is 2. The predicted molar refractivity (Wildman–Crippen MR) is 119 cm³/mol. The molecule has 180 valence electrons. The fourth-order valence-corrected chi connectivity index (χ4v) is 2.92. The molecule has 0 aliphatic carbocycles. The SMILES string of the molecule is CCC/C=C\C/C=C\CCCCCCCC(=O)OC(COC(=O)CC)COP(=O)(O)O. The summed E-state index contributed by atoms with van der Waals surface area (Å²) < 4.78 is 25.2. The Balaban J connectivity index is 3.94. The summed E-state index contributed by atoms with van der Waals surface area (Å²) in [5, 5.41) is 0. The molecular formula is C22H39O8P. The van der Waals surface area contributed by atoms with Gasteiger partial charge in [0.25, 0.3) is 0 Å². The first-order valence-corrected chi connectivity index (χ1v) is 12.7. The summed E-state index contributed by atoms with van der Waals surface area (Å²) in [6, 6.07) is 0. The van der Waals surface area contributed by atoms with Crippen molar-refractivity contribution in [1.82, 2.24) is 0 Å². The van der Waals surface area contributed by atoms with Gasteiger partial charge in [-0.2, -0.15) is 0 Å². The van der Waals surface area contributed by atoms with E-state index in [9.17, 15) is 14.2 Å². The summed E-state index contributed by atoms with van der Waals surface area (Å²) in [5.74, 6) is -1.01. The van der Waals surface area contributed by atoms with E-state index in [0.717, 1.165) is 44.9 Å². The van der Waals surface area contributed by atoms with Gasteiger partial charge in [0.05, 0.1) is 6.61 Å². The van der Waals surface area contributed by atoms with E-state index < -0.39 is 32.5 Å². The van der Waals surface area contributed by atoms with Crippen LogP contribution >= 0.6 is 7.82 Å². The Morgan fingerprint density at radius 1 is 0.871 bits per heavy atom. The zero-order valence-corrected chi connectivity index (χ0v) is 19.8. The highest BCUT2D eigenvalue weighted by Crippen LogP contribution is 2.35. The molecule has 0 spiro atoms. The average Bonchev–Trinajstić information content (AvgIpc) is 2.72. The molecule has 2 N–H and O–H groups in total. The lowest BCUT2D eigenvalue weighted by Gasteiger charge is -2.18. The normalized spacial score (nSPS) is 13.0. The van der Waals surface area contributed by atoms with Crippen LogP contribution in [0, 0.1) is 0 Å². The van der Waals surface area contributed by atoms with Crippen LogP contribution in [0.2, 0.25) is 0 Å². The zero-order valence-electron chi connectivity index (χ0n) is 18.9. The molecule has 0 fully saturated rings. The molecule has 9 heteroatoms. The first-order chi connectivity index (χ1) is 14.8. The minimum absolute atomic E-state index is 0.145. The van der Waals surface area contributed by atoms with Gasteiger partial charge in [-0.25, -0.2) is 4.57 Å². The molecule has 8 nitrogen and oxygen atoms in total. The Hall–Kier alpha value is -1.47. The molecule has 1 unspecified atom stereocenters. The number of carbonyl (C=O) groups is 2. The third kappa shape index (κ3) is 21.5. The molecule has 0 saturated carbocycles. The quantitative estimate of drug-likeness (QED) is 0.119. The summed E-state index contributed by atoms with van der Waals surface area (Å²) in [6.07, 6.45) is 17.2. The number of phosphoric acid groups is 1. The van der Waals surface area contributed by atoms with E-state index in [2.05, 4.69) is 35.8 Å². The van der Waals surface area contributed by atoms with Crippen LogP contribution in [0.1, 0.15) is 84.5 Å². The van der Waals surface area contributed by atoms with Crippen molar-refractivity contribution in [3.8, 4) is 0 Å². The van der Waals surface area contributed by atoms with Crippen molar-refractivity contribution >= 4 is 19.8 Å². The number of hydrogen-bond acceptors (Lipinski definition) is 6. The van der Waals surface area contributed by atoms with Crippen LogP contribution in [0.4, 0.5) is 0 Å². The molecule has 1 atom stereocenters. The van der Waals surface area contributed by atoms with Gasteiger partial charge in [0.2, 0.25) is 0 Å². The third-order valence-electron chi connectivity index (χ3n) is 4.26. The second kappa shape index (κ2) is 19.2. The number of phosphoric ester groups is 1. The Bertz CT molecular complexity index is 582. The second-order valence-electron chi connectivity index (χ2n) is 7.21. The van der Waals surface area contributed by atoms with Gasteiger partial charge in [-0.15, -0.1) is 0 Å². The zero-order chi connectivity index (χ0) is 23.4. The first-order valence-electron chi connectivity index (χ1n) is 11.1. The summed E-state index contributed by atoms with van der Waals surface area (Å²) in [6.45, 7) is 2.92. The molecule has 0 aromatic heterocycles. The van der Waals surface area contributed by atoms with Crippen molar-refractivity contribution < 1.29 is 37.9 Å². The molecule has 0 aromatic rings. The van der Waals surface area contributed by atoms with Gasteiger partial charge in [0.1, 0.15) is 6.61 Å². The van der Waals surface area contributed by atoms with Crippen molar-refractivity contribution in [1.29, 1.82) is 0 Å². The lowest BCUT2D eigenvalue weighted by atomic mass is 10.1. The smallest absolute Gasteiger partial charge is 0.462 e. The molecular weight excluding hydrogens is 423 g/mol. The molecule has 0 saturated heterocycles. The maximum atomic E-state index is 12.0. The fraction of sp³-hybridized carbons (Fsp3) is 0.727. The van der Waals surface area contributed by atoms with Gasteiger partial charge in [-0.3, -0.25) is 14.1 Å². The summed E-state index contributed by atoms with van der Waals surface area (Å²) >= 11 is 0. The first kappa shape index (κ1) is 29.5. The lowest BCUT2D eigenvalue weighted by molar-refractivity contribution is -0.161. The van der Waals surface area contributed by atoms with E-state index in [-0.39, 0.29) is 19.4 Å². The standard InChI is InChI=1S/C22H39O8P/c1-3-5-6-7-8-9-10-11-12-13-14-15-16-17-22(24)30-20(18-28-21(23)4-2)19-29-31(25,26)27/h6-7,9-10,20H,3-5,8,11-19H2,1-2H3,(H2,25,26,27)/b7-6-,10-9-. The van der Waals surface area contributed by atoms with Gasteiger partial charge in [0.15, 0.2) is 6.10 Å². The lowest BCUT2D eigenvalue weighted by Crippen LogP contribution is -2.29. The summed E-state index contributed by atoms with van der Waals surface area (Å²) in [7, 11) is -4.71. The number of ether oxygens (including phenoxy) is 2. The molecule has 0 aliphatic heterocycles. The summed E-state index contributed by atoms with van der Waals surface area (Å²) in [5.41, 5.74) is 0. The van der Waals surface area contributed by atoms with Crippen LogP contribution < -0.4 is 0 Å². The van der Waals surface area contributed by atoms with Crippen molar-refractivity contribution in [2.45, 2.75) is 90.6 Å². The predicted octanol–water partition coefficient (Wildman–Crippen LogP) is 4.99. The number of rotatable bonds is 19. The molecule has 0 rings (SSSR count). The number of allylic oxidation sites excluding steroid dienone is 4. The Morgan fingerprint density at radius 2 is 1.52 bits per heavy atom. The van der Waals surface area contributed by atoms with Crippen LogP contribution in [0.25, 0.3) is 0 Å².